The molecule has 0 unspecified atom stereocenters. The van der Waals surface area contributed by atoms with E-state index in [2.05, 4.69) is 4.98 Å². The van der Waals surface area contributed by atoms with Crippen molar-refractivity contribution >= 4 is 11.6 Å². The summed E-state index contributed by atoms with van der Waals surface area (Å²) in [4.78, 5) is 4.03. The number of rotatable bonds is 1. The normalized spacial score (nSPS) is 21.8. The fraction of sp³-hybridized carbons (Fsp3) is 0.375. The van der Waals surface area contributed by atoms with Crippen molar-refractivity contribution in [1.82, 2.24) is 4.98 Å². The van der Waals surface area contributed by atoms with Gasteiger partial charge in [0.25, 0.3) is 0 Å². The summed E-state index contributed by atoms with van der Waals surface area (Å²) in [5.41, 5.74) is 2.14. The smallest absolute Gasteiger partial charge is 0.131 e. The number of nitrogens with zero attached hydrogens (tertiary/aromatic N) is 1. The summed E-state index contributed by atoms with van der Waals surface area (Å²) in [6.07, 6.45) is 2.05. The van der Waals surface area contributed by atoms with Gasteiger partial charge in [0, 0.05) is 11.8 Å². The summed E-state index contributed by atoms with van der Waals surface area (Å²) in [6.45, 7) is 2.77. The average Bonchev–Trinajstić information content (AvgIpc) is 2.77. The van der Waals surface area contributed by atoms with Crippen molar-refractivity contribution in [2.24, 2.45) is 0 Å². The molecule has 11 heavy (non-hydrogen) atoms. The first kappa shape index (κ1) is 7.07. The minimum Gasteiger partial charge on any atom is -0.368 e. The molecule has 0 aliphatic carbocycles. The fourth-order valence-corrected chi connectivity index (χ4v) is 1.10. The van der Waals surface area contributed by atoms with Gasteiger partial charge in [-0.3, -0.25) is 0 Å². The fourth-order valence-electron chi connectivity index (χ4n) is 0.996. The highest BCUT2D eigenvalue weighted by Crippen LogP contribution is 2.30. The Kier molecular flexibility index (Phi) is 1.59. The average molecular weight is 170 g/mol. The van der Waals surface area contributed by atoms with E-state index in [0.717, 1.165) is 17.7 Å². The number of hydrogen-bond donors (Lipinski definition) is 0. The highest BCUT2D eigenvalue weighted by Gasteiger charge is 2.25. The number of epoxide rings is 1. The molecule has 0 radical (unpaired) electrons. The Morgan fingerprint density at radius 1 is 1.73 bits per heavy atom. The van der Waals surface area contributed by atoms with Crippen molar-refractivity contribution in [2.45, 2.75) is 13.0 Å². The minimum atomic E-state index is 0.276. The van der Waals surface area contributed by atoms with Gasteiger partial charge in [0.05, 0.1) is 6.61 Å². The van der Waals surface area contributed by atoms with Crippen LogP contribution in [0.5, 0.6) is 0 Å². The van der Waals surface area contributed by atoms with Crippen LogP contribution in [0.4, 0.5) is 0 Å². The Morgan fingerprint density at radius 3 is 3.00 bits per heavy atom. The Morgan fingerprint density at radius 2 is 2.45 bits per heavy atom. The second-order valence-corrected chi connectivity index (χ2v) is 3.06. The molecule has 1 atom stereocenters. The summed E-state index contributed by atoms with van der Waals surface area (Å²) in [5, 5.41) is 0.578. The summed E-state index contributed by atoms with van der Waals surface area (Å²) in [5.74, 6) is 0. The molecule has 1 aromatic heterocycles. The molecule has 2 heterocycles. The minimum absolute atomic E-state index is 0.276. The molecule has 0 spiro atoms. The van der Waals surface area contributed by atoms with Crippen LogP contribution in [0.1, 0.15) is 17.2 Å². The number of aryl methyl sites for hydroxylation is 1. The lowest BCUT2D eigenvalue weighted by atomic mass is 10.2. The van der Waals surface area contributed by atoms with Gasteiger partial charge in [0.15, 0.2) is 0 Å². The highest BCUT2D eigenvalue weighted by molar-refractivity contribution is 6.30. The summed E-state index contributed by atoms with van der Waals surface area (Å²) < 4.78 is 5.11. The molecule has 1 aromatic rings. The van der Waals surface area contributed by atoms with Crippen molar-refractivity contribution in [2.75, 3.05) is 6.61 Å². The highest BCUT2D eigenvalue weighted by atomic mass is 35.5. The molecular formula is C8H8ClNO. The van der Waals surface area contributed by atoms with Crippen LogP contribution >= 0.6 is 11.6 Å². The first-order valence-corrected chi connectivity index (χ1v) is 3.89. The van der Waals surface area contributed by atoms with E-state index in [4.69, 9.17) is 16.3 Å². The molecule has 3 heteroatoms. The molecule has 0 bridgehead atoms. The topological polar surface area (TPSA) is 25.4 Å². The Labute approximate surface area is 70.2 Å². The van der Waals surface area contributed by atoms with Gasteiger partial charge in [-0.05, 0) is 18.6 Å². The van der Waals surface area contributed by atoms with Gasteiger partial charge in [-0.25, -0.2) is 4.98 Å². The lowest BCUT2D eigenvalue weighted by molar-refractivity contribution is 0.415. The predicted octanol–water partition coefficient (Wildman–Crippen LogP) is 2.11. The van der Waals surface area contributed by atoms with Gasteiger partial charge < -0.3 is 4.74 Å². The molecule has 0 saturated carbocycles. The molecule has 0 N–H and O–H groups in total. The molecule has 1 saturated heterocycles. The zero-order valence-electron chi connectivity index (χ0n) is 6.17. The van der Waals surface area contributed by atoms with Crippen LogP contribution in [-0.2, 0) is 4.74 Å². The van der Waals surface area contributed by atoms with Crippen molar-refractivity contribution < 1.29 is 4.74 Å². The van der Waals surface area contributed by atoms with Crippen LogP contribution in [-0.4, -0.2) is 11.6 Å². The van der Waals surface area contributed by atoms with E-state index >= 15 is 0 Å². The largest absolute Gasteiger partial charge is 0.368 e. The van der Waals surface area contributed by atoms with Crippen molar-refractivity contribution in [3.05, 3.63) is 28.5 Å². The molecule has 2 rings (SSSR count). The van der Waals surface area contributed by atoms with E-state index in [9.17, 15) is 0 Å². The lowest BCUT2D eigenvalue weighted by Crippen LogP contribution is -1.86. The third kappa shape index (κ3) is 1.37. The Hall–Kier alpha value is -0.600. The van der Waals surface area contributed by atoms with E-state index in [1.165, 1.54) is 0 Å². The van der Waals surface area contributed by atoms with Crippen LogP contribution in [0.3, 0.4) is 0 Å². The zero-order chi connectivity index (χ0) is 7.84. The van der Waals surface area contributed by atoms with Gasteiger partial charge in [-0.15, -0.1) is 0 Å². The van der Waals surface area contributed by atoms with E-state index < -0.39 is 0 Å². The molecule has 1 aliphatic heterocycles. The van der Waals surface area contributed by atoms with E-state index in [1.807, 2.05) is 13.0 Å². The van der Waals surface area contributed by atoms with Crippen molar-refractivity contribution in [3.63, 3.8) is 0 Å². The number of hydrogen-bond acceptors (Lipinski definition) is 2. The molecular weight excluding hydrogens is 162 g/mol. The number of ether oxygens (including phenoxy) is 1. The first-order valence-electron chi connectivity index (χ1n) is 3.51. The zero-order valence-corrected chi connectivity index (χ0v) is 6.93. The second kappa shape index (κ2) is 2.47. The molecule has 0 amide bonds. The summed E-state index contributed by atoms with van der Waals surface area (Å²) in [6, 6.07) is 2.02. The van der Waals surface area contributed by atoms with Crippen molar-refractivity contribution in [3.8, 4) is 0 Å². The van der Waals surface area contributed by atoms with Crippen LogP contribution in [0.15, 0.2) is 12.3 Å². The van der Waals surface area contributed by atoms with Crippen LogP contribution < -0.4 is 0 Å². The van der Waals surface area contributed by atoms with Gasteiger partial charge in [0.1, 0.15) is 11.3 Å². The lowest BCUT2D eigenvalue weighted by Gasteiger charge is -1.98. The van der Waals surface area contributed by atoms with Gasteiger partial charge in [-0.2, -0.15) is 0 Å². The van der Waals surface area contributed by atoms with E-state index in [-0.39, 0.29) is 6.10 Å². The number of pyridine rings is 1. The quantitative estimate of drug-likeness (QED) is 0.475. The SMILES string of the molecule is Cc1cc([C@@H]2CO2)cnc1Cl. The van der Waals surface area contributed by atoms with E-state index in [1.54, 1.807) is 6.20 Å². The van der Waals surface area contributed by atoms with E-state index in [0.29, 0.717) is 5.15 Å². The Balaban J connectivity index is 2.36. The predicted molar refractivity (Wildman–Crippen MR) is 42.7 cm³/mol. The first-order chi connectivity index (χ1) is 5.27. The third-order valence-electron chi connectivity index (χ3n) is 1.74. The monoisotopic (exact) mass is 169 g/mol. The third-order valence-corrected chi connectivity index (χ3v) is 2.14. The van der Waals surface area contributed by atoms with Crippen LogP contribution in [0.2, 0.25) is 5.15 Å². The maximum absolute atomic E-state index is 5.75. The van der Waals surface area contributed by atoms with Gasteiger partial charge in [-0.1, -0.05) is 11.6 Å². The van der Waals surface area contributed by atoms with Crippen LogP contribution in [0.25, 0.3) is 0 Å². The maximum Gasteiger partial charge on any atom is 0.131 e. The molecule has 58 valence electrons. The molecule has 0 aromatic carbocycles. The summed E-state index contributed by atoms with van der Waals surface area (Å²) >= 11 is 5.75. The molecule has 2 nitrogen and oxygen atoms in total. The Bertz CT molecular complexity index is 283. The van der Waals surface area contributed by atoms with Gasteiger partial charge >= 0.3 is 0 Å². The number of aromatic nitrogens is 1. The molecule has 1 fully saturated rings. The maximum atomic E-state index is 5.75. The van der Waals surface area contributed by atoms with Crippen LogP contribution in [0, 0.1) is 6.92 Å². The molecule has 1 aliphatic rings. The van der Waals surface area contributed by atoms with Gasteiger partial charge in [0.2, 0.25) is 0 Å². The standard InChI is InChI=1S/C8H8ClNO/c1-5-2-6(7-4-11-7)3-10-8(5)9/h2-3,7H,4H2,1H3/t7-/m0/s1. The van der Waals surface area contributed by atoms with Crippen molar-refractivity contribution in [1.29, 1.82) is 0 Å². The summed E-state index contributed by atoms with van der Waals surface area (Å²) in [7, 11) is 0. The number of halogens is 1. The second-order valence-electron chi connectivity index (χ2n) is 2.70.